The second kappa shape index (κ2) is 4.88. The lowest BCUT2D eigenvalue weighted by Crippen LogP contribution is -2.19. The van der Waals surface area contributed by atoms with Gasteiger partial charge in [0, 0.05) is 4.47 Å². The first-order valence-electron chi connectivity index (χ1n) is 4.40. The summed E-state index contributed by atoms with van der Waals surface area (Å²) in [5.74, 6) is 0.243. The fraction of sp³-hybridized carbons (Fsp3) is 0.400. The van der Waals surface area contributed by atoms with E-state index in [4.69, 9.17) is 0 Å². The van der Waals surface area contributed by atoms with Crippen molar-refractivity contribution in [3.05, 3.63) is 28.2 Å². The molecule has 0 atom stereocenters. The average Bonchev–Trinajstić information content (AvgIpc) is 2.15. The SMILES string of the molecule is CCc1cc(OCC(F)(F)F)ccc1Br. The molecule has 15 heavy (non-hydrogen) atoms. The zero-order chi connectivity index (χ0) is 11.5. The maximum Gasteiger partial charge on any atom is 0.422 e. The first kappa shape index (κ1) is 12.4. The maximum absolute atomic E-state index is 11.9. The molecule has 0 aliphatic rings. The Labute approximate surface area is 94.4 Å². The summed E-state index contributed by atoms with van der Waals surface area (Å²) in [4.78, 5) is 0. The second-order valence-corrected chi connectivity index (χ2v) is 3.86. The Morgan fingerprint density at radius 1 is 1.33 bits per heavy atom. The highest BCUT2D eigenvalue weighted by Crippen LogP contribution is 2.24. The third-order valence-corrected chi connectivity index (χ3v) is 2.57. The van der Waals surface area contributed by atoms with Gasteiger partial charge in [-0.2, -0.15) is 13.2 Å². The predicted molar refractivity (Wildman–Crippen MR) is 55.1 cm³/mol. The van der Waals surface area contributed by atoms with Crippen molar-refractivity contribution in [1.29, 1.82) is 0 Å². The van der Waals surface area contributed by atoms with Gasteiger partial charge in [0.1, 0.15) is 5.75 Å². The fourth-order valence-corrected chi connectivity index (χ4v) is 1.60. The molecule has 1 aromatic rings. The molecule has 0 unspecified atom stereocenters. The lowest BCUT2D eigenvalue weighted by Gasteiger charge is -2.10. The first-order valence-corrected chi connectivity index (χ1v) is 5.19. The third-order valence-electron chi connectivity index (χ3n) is 1.80. The molecule has 0 saturated heterocycles. The maximum atomic E-state index is 11.9. The highest BCUT2D eigenvalue weighted by atomic mass is 79.9. The van der Waals surface area contributed by atoms with Gasteiger partial charge in [-0.25, -0.2) is 0 Å². The molecular weight excluding hydrogens is 273 g/mol. The molecule has 0 aromatic heterocycles. The molecule has 1 aromatic carbocycles. The van der Waals surface area contributed by atoms with Gasteiger partial charge in [-0.1, -0.05) is 22.9 Å². The van der Waals surface area contributed by atoms with Crippen LogP contribution in [0.1, 0.15) is 12.5 Å². The van der Waals surface area contributed by atoms with Crippen molar-refractivity contribution in [2.24, 2.45) is 0 Å². The van der Waals surface area contributed by atoms with Crippen molar-refractivity contribution in [1.82, 2.24) is 0 Å². The van der Waals surface area contributed by atoms with Gasteiger partial charge in [0.2, 0.25) is 0 Å². The summed E-state index contributed by atoms with van der Waals surface area (Å²) in [6.07, 6.45) is -3.55. The second-order valence-electron chi connectivity index (χ2n) is 3.01. The number of hydrogen-bond donors (Lipinski definition) is 0. The molecular formula is C10H10BrF3O. The van der Waals surface area contributed by atoms with E-state index in [9.17, 15) is 13.2 Å². The van der Waals surface area contributed by atoms with Gasteiger partial charge in [-0.15, -0.1) is 0 Å². The van der Waals surface area contributed by atoms with E-state index in [2.05, 4.69) is 20.7 Å². The number of benzene rings is 1. The molecule has 0 heterocycles. The van der Waals surface area contributed by atoms with E-state index in [1.807, 2.05) is 6.92 Å². The smallest absolute Gasteiger partial charge is 0.422 e. The Hall–Kier alpha value is -0.710. The molecule has 1 rings (SSSR count). The van der Waals surface area contributed by atoms with Crippen LogP contribution in [0.2, 0.25) is 0 Å². The van der Waals surface area contributed by atoms with Crippen molar-refractivity contribution < 1.29 is 17.9 Å². The van der Waals surface area contributed by atoms with Gasteiger partial charge in [0.15, 0.2) is 6.61 Å². The average molecular weight is 283 g/mol. The number of ether oxygens (including phenoxy) is 1. The molecule has 0 aliphatic heterocycles. The van der Waals surface area contributed by atoms with E-state index in [-0.39, 0.29) is 5.75 Å². The van der Waals surface area contributed by atoms with Crippen LogP contribution in [0.4, 0.5) is 13.2 Å². The first-order chi connectivity index (χ1) is 6.92. The Kier molecular flexibility index (Phi) is 4.02. The topological polar surface area (TPSA) is 9.23 Å². The van der Waals surface area contributed by atoms with Crippen LogP contribution in [0, 0.1) is 0 Å². The van der Waals surface area contributed by atoms with Crippen LogP contribution < -0.4 is 4.74 Å². The normalized spacial score (nSPS) is 11.5. The molecule has 0 saturated carbocycles. The number of rotatable bonds is 3. The molecule has 0 spiro atoms. The zero-order valence-electron chi connectivity index (χ0n) is 8.07. The number of aryl methyl sites for hydroxylation is 1. The standard InChI is InChI=1S/C10H10BrF3O/c1-2-7-5-8(3-4-9(7)11)15-6-10(12,13)14/h3-5H,2,6H2,1H3. The predicted octanol–water partition coefficient (Wildman–Crippen LogP) is 3.95. The minimum Gasteiger partial charge on any atom is -0.484 e. The van der Waals surface area contributed by atoms with Crippen molar-refractivity contribution in [3.63, 3.8) is 0 Å². The summed E-state index contributed by atoms with van der Waals surface area (Å²) in [6.45, 7) is 0.672. The summed E-state index contributed by atoms with van der Waals surface area (Å²) in [5, 5.41) is 0. The van der Waals surface area contributed by atoms with E-state index in [0.717, 1.165) is 16.5 Å². The largest absolute Gasteiger partial charge is 0.484 e. The van der Waals surface area contributed by atoms with Crippen LogP contribution in [0.15, 0.2) is 22.7 Å². The van der Waals surface area contributed by atoms with Crippen LogP contribution >= 0.6 is 15.9 Å². The summed E-state index contributed by atoms with van der Waals surface area (Å²) < 4.78 is 41.1. The van der Waals surface area contributed by atoms with Gasteiger partial charge >= 0.3 is 6.18 Å². The van der Waals surface area contributed by atoms with Crippen molar-refractivity contribution in [2.75, 3.05) is 6.61 Å². The molecule has 0 bridgehead atoms. The molecule has 0 amide bonds. The molecule has 0 aliphatic carbocycles. The summed E-state index contributed by atoms with van der Waals surface area (Å²) in [7, 11) is 0. The highest BCUT2D eigenvalue weighted by Gasteiger charge is 2.28. The molecule has 1 nitrogen and oxygen atoms in total. The molecule has 5 heteroatoms. The Morgan fingerprint density at radius 2 is 2.00 bits per heavy atom. The van der Waals surface area contributed by atoms with Crippen LogP contribution in [0.3, 0.4) is 0 Å². The highest BCUT2D eigenvalue weighted by molar-refractivity contribution is 9.10. The molecule has 0 fully saturated rings. The van der Waals surface area contributed by atoms with Gasteiger partial charge in [-0.05, 0) is 30.2 Å². The zero-order valence-corrected chi connectivity index (χ0v) is 9.65. The summed E-state index contributed by atoms with van der Waals surface area (Å²) in [6, 6.07) is 4.80. The quantitative estimate of drug-likeness (QED) is 0.816. The summed E-state index contributed by atoms with van der Waals surface area (Å²) >= 11 is 3.30. The van der Waals surface area contributed by atoms with Gasteiger partial charge < -0.3 is 4.74 Å². The monoisotopic (exact) mass is 282 g/mol. The lowest BCUT2D eigenvalue weighted by molar-refractivity contribution is -0.153. The van der Waals surface area contributed by atoms with Crippen molar-refractivity contribution in [3.8, 4) is 5.75 Å². The van der Waals surface area contributed by atoms with Crippen LogP contribution in [0.25, 0.3) is 0 Å². The van der Waals surface area contributed by atoms with E-state index >= 15 is 0 Å². The molecule has 0 N–H and O–H groups in total. The van der Waals surface area contributed by atoms with E-state index in [0.29, 0.717) is 0 Å². The summed E-state index contributed by atoms with van der Waals surface area (Å²) in [5.41, 5.74) is 0.926. The molecule has 84 valence electrons. The van der Waals surface area contributed by atoms with E-state index in [1.54, 1.807) is 12.1 Å². The number of halogens is 4. The van der Waals surface area contributed by atoms with Crippen molar-refractivity contribution >= 4 is 15.9 Å². The van der Waals surface area contributed by atoms with Crippen molar-refractivity contribution in [2.45, 2.75) is 19.5 Å². The Balaban J connectivity index is 2.70. The third kappa shape index (κ3) is 4.11. The number of alkyl halides is 3. The van der Waals surface area contributed by atoms with Crippen LogP contribution in [0.5, 0.6) is 5.75 Å². The lowest BCUT2D eigenvalue weighted by atomic mass is 10.2. The van der Waals surface area contributed by atoms with Gasteiger partial charge in [0.05, 0.1) is 0 Å². The van der Waals surface area contributed by atoms with Gasteiger partial charge in [0.25, 0.3) is 0 Å². The number of hydrogen-bond acceptors (Lipinski definition) is 1. The minimum atomic E-state index is -4.29. The van der Waals surface area contributed by atoms with Crippen LogP contribution in [-0.4, -0.2) is 12.8 Å². The Bertz CT molecular complexity index is 336. The van der Waals surface area contributed by atoms with E-state index in [1.165, 1.54) is 6.07 Å². The van der Waals surface area contributed by atoms with E-state index < -0.39 is 12.8 Å². The molecule has 0 radical (unpaired) electrons. The fourth-order valence-electron chi connectivity index (χ4n) is 1.08. The van der Waals surface area contributed by atoms with Crippen LogP contribution in [-0.2, 0) is 6.42 Å². The van der Waals surface area contributed by atoms with Gasteiger partial charge in [-0.3, -0.25) is 0 Å². The minimum absolute atomic E-state index is 0.243. The Morgan fingerprint density at radius 3 is 2.53 bits per heavy atom.